The summed E-state index contributed by atoms with van der Waals surface area (Å²) < 4.78 is 8.60. The molecule has 3 rings (SSSR count). The fraction of sp³-hybridized carbons (Fsp3) is 0.545. The predicted molar refractivity (Wildman–Crippen MR) is 111 cm³/mol. The zero-order valence-electron chi connectivity index (χ0n) is 17.3. The topological polar surface area (TPSA) is 30.4 Å². The Kier molecular flexibility index (Phi) is 6.56. The molecule has 4 nitrogen and oxygen atoms in total. The van der Waals surface area contributed by atoms with Gasteiger partial charge in [-0.15, -0.1) is 0 Å². The molecule has 0 amide bonds. The Bertz CT molecular complexity index is 773. The number of hydrogen-bond acceptors (Lipinski definition) is 3. The van der Waals surface area contributed by atoms with E-state index in [1.807, 2.05) is 0 Å². The van der Waals surface area contributed by atoms with Crippen LogP contribution in [0.2, 0.25) is 0 Å². The Morgan fingerprint density at radius 2 is 1.89 bits per heavy atom. The van der Waals surface area contributed by atoms with Crippen LogP contribution in [0.1, 0.15) is 39.0 Å². The van der Waals surface area contributed by atoms with Crippen molar-refractivity contribution >= 4 is 11.8 Å². The molecule has 27 heavy (non-hydrogen) atoms. The van der Waals surface area contributed by atoms with Gasteiger partial charge in [-0.2, -0.15) is 0 Å². The number of fused-ring (bicyclic) bond motifs is 1. The molecule has 2 aromatic rings. The second-order valence-electron chi connectivity index (χ2n) is 7.82. The molecular formula is C22H33N3OS+2. The number of benzene rings is 1. The van der Waals surface area contributed by atoms with Gasteiger partial charge in [0.1, 0.15) is 18.8 Å². The van der Waals surface area contributed by atoms with Crippen molar-refractivity contribution in [2.75, 3.05) is 25.9 Å². The van der Waals surface area contributed by atoms with Crippen molar-refractivity contribution in [3.05, 3.63) is 41.6 Å². The van der Waals surface area contributed by atoms with Gasteiger partial charge in [0, 0.05) is 6.42 Å². The SMILES string of the molecule is CC[NH+](CC)CC[n+]1c(-c2ccccc2)nc(SC)c2c1CC(C)(C)OC2. The van der Waals surface area contributed by atoms with E-state index >= 15 is 0 Å². The highest BCUT2D eigenvalue weighted by Crippen LogP contribution is 2.32. The van der Waals surface area contributed by atoms with Crippen LogP contribution < -0.4 is 9.47 Å². The van der Waals surface area contributed by atoms with E-state index in [9.17, 15) is 0 Å². The minimum absolute atomic E-state index is 0.137. The predicted octanol–water partition coefficient (Wildman–Crippen LogP) is 2.53. The fourth-order valence-electron chi connectivity index (χ4n) is 3.80. The van der Waals surface area contributed by atoms with E-state index in [1.165, 1.54) is 16.8 Å². The van der Waals surface area contributed by atoms with Crippen LogP contribution in [-0.4, -0.2) is 36.5 Å². The molecule has 0 unspecified atom stereocenters. The van der Waals surface area contributed by atoms with E-state index in [0.717, 1.165) is 43.5 Å². The summed E-state index contributed by atoms with van der Waals surface area (Å²) in [5.41, 5.74) is 3.73. The van der Waals surface area contributed by atoms with Crippen molar-refractivity contribution < 1.29 is 14.2 Å². The van der Waals surface area contributed by atoms with Gasteiger partial charge in [-0.05, 0) is 51.1 Å². The summed E-state index contributed by atoms with van der Waals surface area (Å²) in [5.74, 6) is 1.09. The summed E-state index contributed by atoms with van der Waals surface area (Å²) in [6.45, 7) is 14.0. The quantitative estimate of drug-likeness (QED) is 0.450. The van der Waals surface area contributed by atoms with Gasteiger partial charge in [-0.25, -0.2) is 4.57 Å². The minimum atomic E-state index is -0.137. The van der Waals surface area contributed by atoms with Crippen LogP contribution in [-0.2, 0) is 24.3 Å². The minimum Gasteiger partial charge on any atom is -0.370 e. The first-order valence-electron chi connectivity index (χ1n) is 10.0. The van der Waals surface area contributed by atoms with E-state index in [0.29, 0.717) is 6.61 Å². The zero-order valence-corrected chi connectivity index (χ0v) is 18.2. The van der Waals surface area contributed by atoms with Crippen molar-refractivity contribution in [2.45, 2.75) is 57.9 Å². The zero-order chi connectivity index (χ0) is 19.4. The fourth-order valence-corrected chi connectivity index (χ4v) is 4.40. The van der Waals surface area contributed by atoms with Gasteiger partial charge in [0.05, 0.1) is 36.4 Å². The lowest BCUT2D eigenvalue weighted by atomic mass is 9.96. The smallest absolute Gasteiger partial charge is 0.332 e. The van der Waals surface area contributed by atoms with Crippen LogP contribution in [0.25, 0.3) is 11.4 Å². The molecule has 5 heteroatoms. The first-order valence-corrected chi connectivity index (χ1v) is 11.2. The summed E-state index contributed by atoms with van der Waals surface area (Å²) >= 11 is 1.72. The van der Waals surface area contributed by atoms with Crippen LogP contribution in [0.3, 0.4) is 0 Å². The van der Waals surface area contributed by atoms with Crippen LogP contribution in [0, 0.1) is 0 Å². The molecule has 1 aromatic heterocycles. The second-order valence-corrected chi connectivity index (χ2v) is 8.61. The Hall–Kier alpha value is -1.43. The normalized spacial score (nSPS) is 15.8. The summed E-state index contributed by atoms with van der Waals surface area (Å²) in [7, 11) is 0. The van der Waals surface area contributed by atoms with E-state index in [-0.39, 0.29) is 5.60 Å². The molecule has 0 atom stereocenters. The Balaban J connectivity index is 2.13. The number of ether oxygens (including phenoxy) is 1. The molecule has 0 bridgehead atoms. The maximum Gasteiger partial charge on any atom is 0.332 e. The van der Waals surface area contributed by atoms with Gasteiger partial charge < -0.3 is 9.64 Å². The third-order valence-corrected chi connectivity index (χ3v) is 6.23. The number of likely N-dealkylation sites (N-methyl/N-ethyl adjacent to an activating group) is 1. The Labute approximate surface area is 168 Å². The summed E-state index contributed by atoms with van der Waals surface area (Å²) in [6, 6.07) is 10.6. The molecule has 0 radical (unpaired) electrons. The van der Waals surface area contributed by atoms with E-state index in [4.69, 9.17) is 9.72 Å². The second kappa shape index (κ2) is 8.72. The number of hydrogen-bond donors (Lipinski definition) is 1. The number of rotatable bonds is 7. The molecule has 0 aliphatic carbocycles. The van der Waals surface area contributed by atoms with Crippen molar-refractivity contribution in [3.63, 3.8) is 0 Å². The number of aromatic nitrogens is 2. The van der Waals surface area contributed by atoms with Gasteiger partial charge in [0.25, 0.3) is 0 Å². The van der Waals surface area contributed by atoms with Gasteiger partial charge in [-0.1, -0.05) is 30.0 Å². The summed E-state index contributed by atoms with van der Waals surface area (Å²) in [5, 5.41) is 1.10. The van der Waals surface area contributed by atoms with Crippen molar-refractivity contribution in [1.29, 1.82) is 0 Å². The molecule has 1 N–H and O–H groups in total. The van der Waals surface area contributed by atoms with Crippen molar-refractivity contribution in [1.82, 2.24) is 4.98 Å². The average molecular weight is 388 g/mol. The third-order valence-electron chi connectivity index (χ3n) is 5.51. The highest BCUT2D eigenvalue weighted by atomic mass is 32.2. The standard InChI is InChI=1S/C22H32N3OS/c1-6-24(7-2)13-14-25-19-15-22(3,4)26-16-18(19)21(27-5)23-20(25)17-11-9-8-10-12-17/h8-12H,6-7,13-16H2,1-5H3/q+1/p+1. The lowest BCUT2D eigenvalue weighted by Crippen LogP contribution is -3.12. The molecule has 1 aliphatic rings. The number of quaternary nitrogens is 1. The van der Waals surface area contributed by atoms with Gasteiger partial charge in [0.15, 0.2) is 0 Å². The molecule has 1 aliphatic heterocycles. The molecule has 146 valence electrons. The summed E-state index contributed by atoms with van der Waals surface area (Å²) in [6.07, 6.45) is 3.04. The lowest BCUT2D eigenvalue weighted by Gasteiger charge is -2.32. The lowest BCUT2D eigenvalue weighted by molar-refractivity contribution is -0.916. The van der Waals surface area contributed by atoms with Crippen molar-refractivity contribution in [2.24, 2.45) is 0 Å². The Morgan fingerprint density at radius 3 is 2.52 bits per heavy atom. The molecule has 0 saturated carbocycles. The molecule has 0 spiro atoms. The van der Waals surface area contributed by atoms with Crippen LogP contribution >= 0.6 is 11.8 Å². The first kappa shape index (κ1) is 20.3. The van der Waals surface area contributed by atoms with E-state index < -0.39 is 0 Å². The van der Waals surface area contributed by atoms with Crippen LogP contribution in [0.4, 0.5) is 0 Å². The number of nitrogens with zero attached hydrogens (tertiary/aromatic N) is 2. The maximum absolute atomic E-state index is 6.13. The molecule has 0 saturated heterocycles. The molecule has 1 aromatic carbocycles. The highest BCUT2D eigenvalue weighted by molar-refractivity contribution is 7.98. The highest BCUT2D eigenvalue weighted by Gasteiger charge is 2.36. The molecular weight excluding hydrogens is 354 g/mol. The van der Waals surface area contributed by atoms with Gasteiger partial charge in [-0.3, -0.25) is 0 Å². The monoisotopic (exact) mass is 387 g/mol. The molecule has 0 fully saturated rings. The van der Waals surface area contributed by atoms with E-state index in [1.54, 1.807) is 16.7 Å². The van der Waals surface area contributed by atoms with Crippen LogP contribution in [0.15, 0.2) is 35.4 Å². The van der Waals surface area contributed by atoms with Crippen LogP contribution in [0.5, 0.6) is 0 Å². The Morgan fingerprint density at radius 1 is 1.19 bits per heavy atom. The molecule has 2 heterocycles. The van der Waals surface area contributed by atoms with Crippen molar-refractivity contribution in [3.8, 4) is 11.4 Å². The van der Waals surface area contributed by atoms with E-state index in [2.05, 4.69) is 68.8 Å². The number of thioether (sulfide) groups is 1. The third kappa shape index (κ3) is 4.53. The first-order chi connectivity index (χ1) is 13.0. The van der Waals surface area contributed by atoms with Gasteiger partial charge >= 0.3 is 5.82 Å². The summed E-state index contributed by atoms with van der Waals surface area (Å²) in [4.78, 5) is 6.71. The maximum atomic E-state index is 6.13. The number of nitrogens with one attached hydrogen (secondary N) is 1. The largest absolute Gasteiger partial charge is 0.370 e. The van der Waals surface area contributed by atoms with Gasteiger partial charge in [0.2, 0.25) is 5.03 Å². The average Bonchev–Trinajstić information content (AvgIpc) is 2.68.